The summed E-state index contributed by atoms with van der Waals surface area (Å²) >= 11 is 0. The van der Waals surface area contributed by atoms with Gasteiger partial charge in [-0.05, 0) is 20.8 Å². The van der Waals surface area contributed by atoms with Crippen LogP contribution in [0.2, 0.25) is 0 Å². The Hall–Kier alpha value is -1.69. The van der Waals surface area contributed by atoms with Crippen molar-refractivity contribution in [1.29, 1.82) is 0 Å². The minimum absolute atomic E-state index is 0.0745. The van der Waals surface area contributed by atoms with Crippen molar-refractivity contribution >= 4 is 0 Å². The Morgan fingerprint density at radius 3 is 2.67 bits per heavy atom. The molecule has 0 aliphatic carbocycles. The van der Waals surface area contributed by atoms with Crippen LogP contribution in [0.1, 0.15) is 32.2 Å². The van der Waals surface area contributed by atoms with Gasteiger partial charge in [0.2, 0.25) is 0 Å². The molecule has 6 nitrogen and oxygen atoms in total. The molecule has 0 amide bonds. The van der Waals surface area contributed by atoms with Crippen LogP contribution in [-0.2, 0) is 20.1 Å². The molecule has 2 aromatic rings. The summed E-state index contributed by atoms with van der Waals surface area (Å²) in [6.07, 6.45) is 5.43. The van der Waals surface area contributed by atoms with E-state index in [0.717, 1.165) is 11.4 Å². The molecule has 0 aliphatic rings. The maximum absolute atomic E-state index is 4.28. The first kappa shape index (κ1) is 12.8. The van der Waals surface area contributed by atoms with Gasteiger partial charge in [-0.1, -0.05) is 0 Å². The molecule has 0 aromatic carbocycles. The maximum atomic E-state index is 4.28. The minimum atomic E-state index is 0.0745. The molecule has 0 saturated heterocycles. The van der Waals surface area contributed by atoms with Crippen LogP contribution >= 0.6 is 0 Å². The molecule has 0 fully saturated rings. The second kappa shape index (κ2) is 4.89. The summed E-state index contributed by atoms with van der Waals surface area (Å²) in [6, 6.07) is 0. The highest BCUT2D eigenvalue weighted by Gasteiger charge is 2.12. The lowest BCUT2D eigenvalue weighted by Gasteiger charge is -2.20. The maximum Gasteiger partial charge on any atom is 0.141 e. The zero-order valence-electron chi connectivity index (χ0n) is 11.4. The molecule has 1 N–H and O–H groups in total. The highest BCUT2D eigenvalue weighted by atomic mass is 15.3. The van der Waals surface area contributed by atoms with E-state index in [1.807, 2.05) is 24.1 Å². The number of aromatic nitrogens is 5. The van der Waals surface area contributed by atoms with Gasteiger partial charge in [0.25, 0.3) is 0 Å². The van der Waals surface area contributed by atoms with Crippen molar-refractivity contribution in [3.05, 3.63) is 30.1 Å². The van der Waals surface area contributed by atoms with Crippen LogP contribution in [0.25, 0.3) is 0 Å². The van der Waals surface area contributed by atoms with E-state index in [1.165, 1.54) is 0 Å². The van der Waals surface area contributed by atoms with Crippen molar-refractivity contribution in [2.75, 3.05) is 0 Å². The normalized spacial score (nSPS) is 12.0. The molecule has 0 saturated carbocycles. The number of hydrogen-bond donors (Lipinski definition) is 1. The van der Waals surface area contributed by atoms with Gasteiger partial charge in [0.05, 0.1) is 19.3 Å². The Labute approximate surface area is 107 Å². The Balaban J connectivity index is 2.03. The lowest BCUT2D eigenvalue weighted by Crippen LogP contribution is -2.36. The Bertz CT molecular complexity index is 505. The van der Waals surface area contributed by atoms with Gasteiger partial charge in [-0.15, -0.1) is 0 Å². The quantitative estimate of drug-likeness (QED) is 0.875. The fraction of sp³-hybridized carbons (Fsp3) is 0.583. The SMILES string of the molecule is Cn1cc(Cn2ncnc2CNC(C)(C)C)cn1. The smallest absolute Gasteiger partial charge is 0.141 e. The molecule has 6 heteroatoms. The summed E-state index contributed by atoms with van der Waals surface area (Å²) in [5.74, 6) is 0.939. The van der Waals surface area contributed by atoms with Crippen molar-refractivity contribution in [3.63, 3.8) is 0 Å². The van der Waals surface area contributed by atoms with E-state index in [0.29, 0.717) is 13.1 Å². The van der Waals surface area contributed by atoms with Gasteiger partial charge in [-0.2, -0.15) is 10.2 Å². The molecule has 2 aromatic heterocycles. The molecule has 2 rings (SSSR count). The number of hydrogen-bond acceptors (Lipinski definition) is 4. The van der Waals surface area contributed by atoms with E-state index < -0.39 is 0 Å². The molecule has 0 aliphatic heterocycles. The topological polar surface area (TPSA) is 60.6 Å². The molecular weight excluding hydrogens is 228 g/mol. The van der Waals surface area contributed by atoms with Crippen LogP contribution in [0.5, 0.6) is 0 Å². The summed E-state index contributed by atoms with van der Waals surface area (Å²) in [5, 5.41) is 11.8. The summed E-state index contributed by atoms with van der Waals surface area (Å²) in [5.41, 5.74) is 1.20. The Kier molecular flexibility index (Phi) is 3.47. The van der Waals surface area contributed by atoms with Gasteiger partial charge >= 0.3 is 0 Å². The highest BCUT2D eigenvalue weighted by Crippen LogP contribution is 2.05. The average Bonchev–Trinajstić information content (AvgIpc) is 2.85. The first-order valence-electron chi connectivity index (χ1n) is 6.03. The van der Waals surface area contributed by atoms with Crippen molar-refractivity contribution in [1.82, 2.24) is 29.9 Å². The van der Waals surface area contributed by atoms with Gasteiger partial charge in [0, 0.05) is 24.3 Å². The lowest BCUT2D eigenvalue weighted by atomic mass is 10.1. The zero-order chi connectivity index (χ0) is 13.2. The lowest BCUT2D eigenvalue weighted by molar-refractivity contribution is 0.410. The van der Waals surface area contributed by atoms with Gasteiger partial charge in [-0.25, -0.2) is 9.67 Å². The third-order valence-corrected chi connectivity index (χ3v) is 2.56. The summed E-state index contributed by atoms with van der Waals surface area (Å²) in [6.45, 7) is 7.82. The monoisotopic (exact) mass is 248 g/mol. The first-order chi connectivity index (χ1) is 8.44. The average molecular weight is 248 g/mol. The molecule has 2 heterocycles. The van der Waals surface area contributed by atoms with Gasteiger partial charge < -0.3 is 5.32 Å². The van der Waals surface area contributed by atoms with E-state index in [-0.39, 0.29) is 5.54 Å². The van der Waals surface area contributed by atoms with Crippen LogP contribution in [0.15, 0.2) is 18.7 Å². The summed E-state index contributed by atoms with van der Waals surface area (Å²) < 4.78 is 3.69. The summed E-state index contributed by atoms with van der Waals surface area (Å²) in [7, 11) is 1.91. The minimum Gasteiger partial charge on any atom is -0.305 e. The predicted molar refractivity (Wildman–Crippen MR) is 68.9 cm³/mol. The van der Waals surface area contributed by atoms with Crippen molar-refractivity contribution in [2.24, 2.45) is 7.05 Å². The molecule has 0 atom stereocenters. The highest BCUT2D eigenvalue weighted by molar-refractivity contribution is 5.05. The van der Waals surface area contributed by atoms with Crippen molar-refractivity contribution in [3.8, 4) is 0 Å². The van der Waals surface area contributed by atoms with Crippen LogP contribution < -0.4 is 5.32 Å². The predicted octanol–water partition coefficient (Wildman–Crippen LogP) is 0.948. The van der Waals surface area contributed by atoms with Crippen molar-refractivity contribution < 1.29 is 0 Å². The molecule has 18 heavy (non-hydrogen) atoms. The van der Waals surface area contributed by atoms with Gasteiger partial charge in [-0.3, -0.25) is 4.68 Å². The molecule has 0 radical (unpaired) electrons. The number of nitrogens with one attached hydrogen (secondary N) is 1. The second-order valence-electron chi connectivity index (χ2n) is 5.46. The molecule has 0 unspecified atom stereocenters. The Morgan fingerprint density at radius 2 is 2.06 bits per heavy atom. The van der Waals surface area contributed by atoms with Gasteiger partial charge in [0.15, 0.2) is 0 Å². The second-order valence-corrected chi connectivity index (χ2v) is 5.46. The van der Waals surface area contributed by atoms with Crippen molar-refractivity contribution in [2.45, 2.75) is 39.4 Å². The third-order valence-electron chi connectivity index (χ3n) is 2.56. The van der Waals surface area contributed by atoms with Crippen LogP contribution in [-0.4, -0.2) is 30.1 Å². The molecule has 98 valence electrons. The van der Waals surface area contributed by atoms with E-state index in [2.05, 4.69) is 41.3 Å². The standard InChI is InChI=1S/C12H20N6/c1-12(2,3)14-6-11-13-9-16-18(11)8-10-5-15-17(4)7-10/h5,7,9,14H,6,8H2,1-4H3. The van der Waals surface area contributed by atoms with E-state index in [9.17, 15) is 0 Å². The zero-order valence-corrected chi connectivity index (χ0v) is 11.4. The van der Waals surface area contributed by atoms with Gasteiger partial charge in [0.1, 0.15) is 12.2 Å². The molecular formula is C12H20N6. The fourth-order valence-electron chi connectivity index (χ4n) is 1.63. The van der Waals surface area contributed by atoms with E-state index in [1.54, 1.807) is 11.0 Å². The molecule has 0 spiro atoms. The van der Waals surface area contributed by atoms with E-state index in [4.69, 9.17) is 0 Å². The number of aryl methyl sites for hydroxylation is 1. The third kappa shape index (κ3) is 3.40. The number of rotatable bonds is 4. The summed E-state index contributed by atoms with van der Waals surface area (Å²) in [4.78, 5) is 4.28. The Morgan fingerprint density at radius 1 is 1.28 bits per heavy atom. The number of nitrogens with zero attached hydrogens (tertiary/aromatic N) is 5. The largest absolute Gasteiger partial charge is 0.305 e. The van der Waals surface area contributed by atoms with E-state index >= 15 is 0 Å². The first-order valence-corrected chi connectivity index (χ1v) is 6.03. The molecule has 0 bridgehead atoms. The van der Waals surface area contributed by atoms with Crippen LogP contribution in [0.4, 0.5) is 0 Å². The fourth-order valence-corrected chi connectivity index (χ4v) is 1.63. The van der Waals surface area contributed by atoms with Crippen LogP contribution in [0.3, 0.4) is 0 Å². The van der Waals surface area contributed by atoms with Crippen LogP contribution in [0, 0.1) is 0 Å².